The molecule has 2 aromatic carbocycles. The van der Waals surface area contributed by atoms with Crippen LogP contribution in [-0.2, 0) is 6.42 Å². The van der Waals surface area contributed by atoms with Gasteiger partial charge in [0.05, 0.1) is 12.5 Å². The first-order valence-electron chi connectivity index (χ1n) is 6.31. The van der Waals surface area contributed by atoms with E-state index in [2.05, 4.69) is 4.98 Å². The van der Waals surface area contributed by atoms with Crippen molar-refractivity contribution in [1.29, 1.82) is 0 Å². The largest absolute Gasteiger partial charge is 0.441 e. The molecule has 0 saturated carbocycles. The number of hydrogen-bond acceptors (Lipinski definition) is 3. The van der Waals surface area contributed by atoms with Gasteiger partial charge in [0.15, 0.2) is 11.5 Å². The molecular formula is C16H15NO2. The molecule has 0 aliphatic heterocycles. The van der Waals surface area contributed by atoms with E-state index in [0.29, 0.717) is 12.3 Å². The number of nitrogens with zero attached hydrogens (tertiary/aromatic N) is 1. The zero-order chi connectivity index (χ0) is 13.2. The highest BCUT2D eigenvalue weighted by atomic mass is 16.4. The van der Waals surface area contributed by atoms with E-state index >= 15 is 0 Å². The van der Waals surface area contributed by atoms with Crippen LogP contribution in [0.2, 0.25) is 0 Å². The summed E-state index contributed by atoms with van der Waals surface area (Å²) >= 11 is 0. The lowest BCUT2D eigenvalue weighted by molar-refractivity contribution is 0.169. The second kappa shape index (κ2) is 4.86. The minimum absolute atomic E-state index is 0.387. The SMILES string of the molecule is Cc1ccc(C(O)Cc2nc3ccccc3o2)cc1. The topological polar surface area (TPSA) is 46.3 Å². The molecule has 1 unspecified atom stereocenters. The number of oxazole rings is 1. The van der Waals surface area contributed by atoms with E-state index in [-0.39, 0.29) is 0 Å². The molecule has 0 amide bonds. The monoisotopic (exact) mass is 253 g/mol. The molecule has 0 radical (unpaired) electrons. The van der Waals surface area contributed by atoms with Crippen LogP contribution in [-0.4, -0.2) is 10.1 Å². The average molecular weight is 253 g/mol. The van der Waals surface area contributed by atoms with Gasteiger partial charge in [-0.05, 0) is 24.6 Å². The summed E-state index contributed by atoms with van der Waals surface area (Å²) in [4.78, 5) is 4.37. The Morgan fingerprint density at radius 2 is 1.84 bits per heavy atom. The third kappa shape index (κ3) is 2.51. The molecular weight excluding hydrogens is 238 g/mol. The minimum atomic E-state index is -0.589. The maximum atomic E-state index is 10.2. The standard InChI is InChI=1S/C16H15NO2/c1-11-6-8-12(9-7-11)14(18)10-16-17-13-4-2-3-5-15(13)19-16/h2-9,14,18H,10H2,1H3. The van der Waals surface area contributed by atoms with E-state index in [0.717, 1.165) is 16.7 Å². The Morgan fingerprint density at radius 1 is 1.11 bits per heavy atom. The molecule has 0 aliphatic rings. The van der Waals surface area contributed by atoms with E-state index < -0.39 is 6.10 Å². The predicted molar refractivity (Wildman–Crippen MR) is 73.9 cm³/mol. The van der Waals surface area contributed by atoms with E-state index in [1.165, 1.54) is 5.56 Å². The van der Waals surface area contributed by atoms with E-state index in [4.69, 9.17) is 4.42 Å². The fourth-order valence-electron chi connectivity index (χ4n) is 2.08. The Balaban J connectivity index is 1.82. The number of benzene rings is 2. The maximum Gasteiger partial charge on any atom is 0.198 e. The zero-order valence-corrected chi connectivity index (χ0v) is 10.7. The molecule has 1 aromatic heterocycles. The number of aryl methyl sites for hydroxylation is 1. The minimum Gasteiger partial charge on any atom is -0.441 e. The highest BCUT2D eigenvalue weighted by Crippen LogP contribution is 2.21. The van der Waals surface area contributed by atoms with Crippen LogP contribution in [0.3, 0.4) is 0 Å². The molecule has 0 bridgehead atoms. The summed E-state index contributed by atoms with van der Waals surface area (Å²) in [5.41, 5.74) is 3.65. The molecule has 19 heavy (non-hydrogen) atoms. The molecule has 3 nitrogen and oxygen atoms in total. The summed E-state index contributed by atoms with van der Waals surface area (Å²) in [7, 11) is 0. The van der Waals surface area contributed by atoms with Gasteiger partial charge in [-0.2, -0.15) is 0 Å². The van der Waals surface area contributed by atoms with Crippen molar-refractivity contribution in [3.63, 3.8) is 0 Å². The van der Waals surface area contributed by atoms with Crippen LogP contribution in [0.1, 0.15) is 23.1 Å². The molecule has 0 saturated heterocycles. The second-order valence-electron chi connectivity index (χ2n) is 4.71. The molecule has 1 atom stereocenters. The Hall–Kier alpha value is -2.13. The van der Waals surface area contributed by atoms with Gasteiger partial charge in [0.25, 0.3) is 0 Å². The van der Waals surface area contributed by atoms with Crippen molar-refractivity contribution in [3.8, 4) is 0 Å². The van der Waals surface area contributed by atoms with Crippen molar-refractivity contribution < 1.29 is 9.52 Å². The van der Waals surface area contributed by atoms with Crippen LogP contribution >= 0.6 is 0 Å². The molecule has 0 aliphatic carbocycles. The lowest BCUT2D eigenvalue weighted by Crippen LogP contribution is -2.01. The summed E-state index contributed by atoms with van der Waals surface area (Å²) in [5, 5.41) is 10.2. The van der Waals surface area contributed by atoms with Crippen molar-refractivity contribution in [1.82, 2.24) is 4.98 Å². The molecule has 1 heterocycles. The summed E-state index contributed by atoms with van der Waals surface area (Å²) in [6.07, 6.45) is -0.203. The normalized spacial score (nSPS) is 12.7. The summed E-state index contributed by atoms with van der Waals surface area (Å²) in [6.45, 7) is 2.02. The van der Waals surface area contributed by atoms with E-state index in [9.17, 15) is 5.11 Å². The van der Waals surface area contributed by atoms with Gasteiger partial charge in [-0.3, -0.25) is 0 Å². The summed E-state index contributed by atoms with van der Waals surface area (Å²) in [6, 6.07) is 15.5. The highest BCUT2D eigenvalue weighted by Gasteiger charge is 2.13. The fourth-order valence-corrected chi connectivity index (χ4v) is 2.08. The predicted octanol–water partition coefficient (Wildman–Crippen LogP) is 3.41. The molecule has 96 valence electrons. The van der Waals surface area contributed by atoms with Crippen LogP contribution in [0.25, 0.3) is 11.1 Å². The Bertz CT molecular complexity index is 652. The third-order valence-corrected chi connectivity index (χ3v) is 3.17. The van der Waals surface area contributed by atoms with Gasteiger partial charge in [0.2, 0.25) is 0 Å². The van der Waals surface area contributed by atoms with Gasteiger partial charge in [0, 0.05) is 0 Å². The molecule has 3 aromatic rings. The Labute approximate surface area is 111 Å². The number of hydrogen-bond donors (Lipinski definition) is 1. The Kier molecular flexibility index (Phi) is 3.05. The number of aliphatic hydroxyl groups is 1. The third-order valence-electron chi connectivity index (χ3n) is 3.17. The molecule has 3 rings (SSSR count). The van der Waals surface area contributed by atoms with Crippen molar-refractivity contribution in [2.45, 2.75) is 19.4 Å². The molecule has 0 spiro atoms. The number of aromatic nitrogens is 1. The van der Waals surface area contributed by atoms with Crippen molar-refractivity contribution in [2.75, 3.05) is 0 Å². The highest BCUT2D eigenvalue weighted by molar-refractivity contribution is 5.72. The first-order chi connectivity index (χ1) is 9.22. The van der Waals surface area contributed by atoms with Gasteiger partial charge in [-0.15, -0.1) is 0 Å². The quantitative estimate of drug-likeness (QED) is 0.778. The number of para-hydroxylation sites is 2. The summed E-state index contributed by atoms with van der Waals surface area (Å²) in [5.74, 6) is 0.564. The van der Waals surface area contributed by atoms with Crippen LogP contribution < -0.4 is 0 Å². The zero-order valence-electron chi connectivity index (χ0n) is 10.7. The first-order valence-corrected chi connectivity index (χ1v) is 6.31. The van der Waals surface area contributed by atoms with E-state index in [1.807, 2.05) is 55.5 Å². The number of fused-ring (bicyclic) bond motifs is 1. The van der Waals surface area contributed by atoms with Gasteiger partial charge in [-0.1, -0.05) is 42.0 Å². The average Bonchev–Trinajstić information content (AvgIpc) is 2.81. The van der Waals surface area contributed by atoms with Gasteiger partial charge >= 0.3 is 0 Å². The van der Waals surface area contributed by atoms with E-state index in [1.54, 1.807) is 0 Å². The lowest BCUT2D eigenvalue weighted by atomic mass is 10.1. The summed E-state index contributed by atoms with van der Waals surface area (Å²) < 4.78 is 5.61. The van der Waals surface area contributed by atoms with Crippen molar-refractivity contribution in [3.05, 3.63) is 65.5 Å². The maximum absolute atomic E-state index is 10.2. The van der Waals surface area contributed by atoms with Gasteiger partial charge in [0.1, 0.15) is 5.52 Å². The van der Waals surface area contributed by atoms with Crippen molar-refractivity contribution in [2.24, 2.45) is 0 Å². The molecule has 0 fully saturated rings. The first kappa shape index (κ1) is 11.9. The van der Waals surface area contributed by atoms with Crippen LogP contribution in [0.4, 0.5) is 0 Å². The van der Waals surface area contributed by atoms with Gasteiger partial charge in [-0.25, -0.2) is 4.98 Å². The fraction of sp³-hybridized carbons (Fsp3) is 0.188. The molecule has 3 heteroatoms. The lowest BCUT2D eigenvalue weighted by Gasteiger charge is -2.08. The van der Waals surface area contributed by atoms with Crippen molar-refractivity contribution >= 4 is 11.1 Å². The molecule has 1 N–H and O–H groups in total. The van der Waals surface area contributed by atoms with Crippen LogP contribution in [0.5, 0.6) is 0 Å². The number of aliphatic hydroxyl groups excluding tert-OH is 1. The Morgan fingerprint density at radius 3 is 2.58 bits per heavy atom. The van der Waals surface area contributed by atoms with Crippen LogP contribution in [0.15, 0.2) is 52.9 Å². The number of rotatable bonds is 3. The second-order valence-corrected chi connectivity index (χ2v) is 4.71. The van der Waals surface area contributed by atoms with Gasteiger partial charge < -0.3 is 9.52 Å². The van der Waals surface area contributed by atoms with Crippen LogP contribution in [0, 0.1) is 6.92 Å². The smallest absolute Gasteiger partial charge is 0.198 e.